The summed E-state index contributed by atoms with van der Waals surface area (Å²) in [4.78, 5) is 0. The molecule has 0 fully saturated rings. The highest BCUT2D eigenvalue weighted by Gasteiger charge is 2.07. The van der Waals surface area contributed by atoms with E-state index in [0.29, 0.717) is 13.0 Å². The Bertz CT molecular complexity index is 399. The van der Waals surface area contributed by atoms with Crippen molar-refractivity contribution < 1.29 is 4.74 Å². The highest BCUT2D eigenvalue weighted by molar-refractivity contribution is 9.10. The average molecular weight is 297 g/mol. The Balaban J connectivity index is 2.66. The number of nitriles is 1. The summed E-state index contributed by atoms with van der Waals surface area (Å²) in [6.45, 7) is 2.54. The molecule has 0 heterocycles. The van der Waals surface area contributed by atoms with E-state index in [0.717, 1.165) is 28.6 Å². The molecule has 1 rings (SSSR count). The molecule has 0 spiro atoms. The molecular weight excluding hydrogens is 280 g/mol. The predicted molar refractivity (Wildman–Crippen MR) is 71.8 cm³/mol. The van der Waals surface area contributed by atoms with Crippen LogP contribution in [0.5, 0.6) is 5.75 Å². The molecule has 0 aliphatic rings. The van der Waals surface area contributed by atoms with Crippen LogP contribution in [0.2, 0.25) is 0 Å². The van der Waals surface area contributed by atoms with Crippen LogP contribution in [0.1, 0.15) is 25.3 Å². The molecule has 0 aromatic heterocycles. The molecule has 0 saturated heterocycles. The Morgan fingerprint density at radius 1 is 1.53 bits per heavy atom. The topological polar surface area (TPSA) is 59.0 Å². The molecule has 92 valence electrons. The van der Waals surface area contributed by atoms with Crippen LogP contribution in [0, 0.1) is 11.3 Å². The van der Waals surface area contributed by atoms with Gasteiger partial charge in [0.25, 0.3) is 0 Å². The molecule has 0 amide bonds. The van der Waals surface area contributed by atoms with Crippen molar-refractivity contribution in [2.24, 2.45) is 5.73 Å². The van der Waals surface area contributed by atoms with Gasteiger partial charge in [0, 0.05) is 16.9 Å². The molecule has 0 saturated carbocycles. The van der Waals surface area contributed by atoms with E-state index in [9.17, 15) is 0 Å². The molecule has 0 radical (unpaired) electrons. The fourth-order valence-corrected chi connectivity index (χ4v) is 1.94. The summed E-state index contributed by atoms with van der Waals surface area (Å²) in [5, 5.41) is 8.45. The highest BCUT2D eigenvalue weighted by Crippen LogP contribution is 2.24. The van der Waals surface area contributed by atoms with Gasteiger partial charge in [-0.05, 0) is 43.5 Å². The van der Waals surface area contributed by atoms with Crippen molar-refractivity contribution in [3.63, 3.8) is 0 Å². The number of ether oxygens (including phenoxy) is 1. The Hall–Kier alpha value is -1.05. The van der Waals surface area contributed by atoms with Crippen molar-refractivity contribution in [1.29, 1.82) is 5.26 Å². The minimum atomic E-state index is 0.103. The molecule has 3 nitrogen and oxygen atoms in total. The SMILES string of the molecule is CC(N)Cc1cc(Br)ccc1OCCCC#N. The molecule has 17 heavy (non-hydrogen) atoms. The number of rotatable bonds is 6. The lowest BCUT2D eigenvalue weighted by molar-refractivity contribution is 0.309. The van der Waals surface area contributed by atoms with Crippen LogP contribution >= 0.6 is 15.9 Å². The van der Waals surface area contributed by atoms with E-state index in [2.05, 4.69) is 22.0 Å². The first-order valence-electron chi connectivity index (χ1n) is 5.67. The minimum absolute atomic E-state index is 0.103. The van der Waals surface area contributed by atoms with Crippen molar-refractivity contribution in [3.8, 4) is 11.8 Å². The number of unbranched alkanes of at least 4 members (excludes halogenated alkanes) is 1. The van der Waals surface area contributed by atoms with Crippen molar-refractivity contribution in [3.05, 3.63) is 28.2 Å². The third-order valence-corrected chi connectivity index (χ3v) is 2.75. The second-order valence-electron chi connectivity index (χ2n) is 4.04. The standard InChI is InChI=1S/C13H17BrN2O/c1-10(16)8-11-9-12(14)4-5-13(11)17-7-3-2-6-15/h4-5,9-10H,2-3,7-8,16H2,1H3. The van der Waals surface area contributed by atoms with E-state index in [4.69, 9.17) is 15.7 Å². The quantitative estimate of drug-likeness (QED) is 0.821. The number of hydrogen-bond acceptors (Lipinski definition) is 3. The van der Waals surface area contributed by atoms with Crippen LogP contribution in [-0.2, 0) is 6.42 Å². The summed E-state index contributed by atoms with van der Waals surface area (Å²) in [5.41, 5.74) is 6.91. The smallest absolute Gasteiger partial charge is 0.122 e. The van der Waals surface area contributed by atoms with Crippen LogP contribution in [0.3, 0.4) is 0 Å². The average Bonchev–Trinajstić information content (AvgIpc) is 2.26. The molecule has 0 aliphatic heterocycles. The number of halogens is 1. The van der Waals surface area contributed by atoms with Gasteiger partial charge < -0.3 is 10.5 Å². The molecule has 0 aliphatic carbocycles. The number of benzene rings is 1. The van der Waals surface area contributed by atoms with Gasteiger partial charge in [0.2, 0.25) is 0 Å². The second kappa shape index (κ2) is 7.31. The van der Waals surface area contributed by atoms with E-state index in [1.807, 2.05) is 25.1 Å². The van der Waals surface area contributed by atoms with Gasteiger partial charge in [-0.3, -0.25) is 0 Å². The Morgan fingerprint density at radius 2 is 2.29 bits per heavy atom. The summed E-state index contributed by atoms with van der Waals surface area (Å²) in [6.07, 6.45) is 2.07. The van der Waals surface area contributed by atoms with Crippen LogP contribution in [0.25, 0.3) is 0 Å². The molecule has 0 bridgehead atoms. The first-order chi connectivity index (χ1) is 8.13. The molecule has 2 N–H and O–H groups in total. The summed E-state index contributed by atoms with van der Waals surface area (Å²) in [5.74, 6) is 0.864. The van der Waals surface area contributed by atoms with Crippen molar-refractivity contribution in [2.75, 3.05) is 6.61 Å². The minimum Gasteiger partial charge on any atom is -0.493 e. The lowest BCUT2D eigenvalue weighted by Gasteiger charge is -2.13. The lowest BCUT2D eigenvalue weighted by atomic mass is 10.1. The fourth-order valence-electron chi connectivity index (χ4n) is 1.53. The Labute approximate surface area is 111 Å². The number of nitrogens with two attached hydrogens (primary N) is 1. The van der Waals surface area contributed by atoms with Crippen molar-refractivity contribution in [1.82, 2.24) is 0 Å². The molecule has 1 aromatic rings. The van der Waals surface area contributed by atoms with Gasteiger partial charge in [-0.25, -0.2) is 0 Å². The zero-order valence-electron chi connectivity index (χ0n) is 9.95. The van der Waals surface area contributed by atoms with Gasteiger partial charge in [0.1, 0.15) is 5.75 Å². The number of hydrogen-bond donors (Lipinski definition) is 1. The van der Waals surface area contributed by atoms with Gasteiger partial charge in [0.05, 0.1) is 12.7 Å². The third kappa shape index (κ3) is 5.20. The van der Waals surface area contributed by atoms with E-state index in [1.54, 1.807) is 0 Å². The van der Waals surface area contributed by atoms with Crippen molar-refractivity contribution >= 4 is 15.9 Å². The molecule has 1 unspecified atom stereocenters. The first-order valence-corrected chi connectivity index (χ1v) is 6.46. The number of nitrogens with zero attached hydrogens (tertiary/aromatic N) is 1. The Morgan fingerprint density at radius 3 is 2.94 bits per heavy atom. The maximum Gasteiger partial charge on any atom is 0.122 e. The zero-order chi connectivity index (χ0) is 12.7. The second-order valence-corrected chi connectivity index (χ2v) is 4.96. The molecule has 4 heteroatoms. The van der Waals surface area contributed by atoms with Crippen LogP contribution in [-0.4, -0.2) is 12.6 Å². The molecular formula is C13H17BrN2O. The fraction of sp³-hybridized carbons (Fsp3) is 0.462. The zero-order valence-corrected chi connectivity index (χ0v) is 11.5. The van der Waals surface area contributed by atoms with Crippen molar-refractivity contribution in [2.45, 2.75) is 32.2 Å². The van der Waals surface area contributed by atoms with E-state index in [1.165, 1.54) is 0 Å². The van der Waals surface area contributed by atoms with Gasteiger partial charge in [-0.1, -0.05) is 15.9 Å². The van der Waals surface area contributed by atoms with E-state index < -0.39 is 0 Å². The molecule has 1 aromatic carbocycles. The highest BCUT2D eigenvalue weighted by atomic mass is 79.9. The monoisotopic (exact) mass is 296 g/mol. The maximum atomic E-state index is 8.45. The van der Waals surface area contributed by atoms with Gasteiger partial charge in [0.15, 0.2) is 0 Å². The van der Waals surface area contributed by atoms with E-state index >= 15 is 0 Å². The van der Waals surface area contributed by atoms with Crippen LogP contribution in [0.15, 0.2) is 22.7 Å². The van der Waals surface area contributed by atoms with Gasteiger partial charge in [-0.2, -0.15) is 5.26 Å². The van der Waals surface area contributed by atoms with E-state index in [-0.39, 0.29) is 6.04 Å². The summed E-state index contributed by atoms with van der Waals surface area (Å²) >= 11 is 3.44. The summed E-state index contributed by atoms with van der Waals surface area (Å²) in [6, 6.07) is 8.12. The van der Waals surface area contributed by atoms with Crippen LogP contribution < -0.4 is 10.5 Å². The molecule has 1 atom stereocenters. The Kier molecular flexibility index (Phi) is 6.03. The van der Waals surface area contributed by atoms with Crippen LogP contribution in [0.4, 0.5) is 0 Å². The largest absolute Gasteiger partial charge is 0.493 e. The summed E-state index contributed by atoms with van der Waals surface area (Å²) in [7, 11) is 0. The van der Waals surface area contributed by atoms with Gasteiger partial charge >= 0.3 is 0 Å². The third-order valence-electron chi connectivity index (χ3n) is 2.25. The summed E-state index contributed by atoms with van der Waals surface area (Å²) < 4.78 is 6.69. The predicted octanol–water partition coefficient (Wildman–Crippen LogP) is 3.02. The normalized spacial score (nSPS) is 11.9. The van der Waals surface area contributed by atoms with Gasteiger partial charge in [-0.15, -0.1) is 0 Å². The first kappa shape index (κ1) is 14.0. The lowest BCUT2D eigenvalue weighted by Crippen LogP contribution is -2.18. The maximum absolute atomic E-state index is 8.45.